The molecule has 25 heavy (non-hydrogen) atoms. The van der Waals surface area contributed by atoms with Gasteiger partial charge in [0.2, 0.25) is 15.9 Å². The zero-order valence-corrected chi connectivity index (χ0v) is 14.2. The van der Waals surface area contributed by atoms with E-state index in [1.807, 2.05) is 0 Å². The molecule has 0 unspecified atom stereocenters. The van der Waals surface area contributed by atoms with Crippen molar-refractivity contribution in [3.63, 3.8) is 0 Å². The summed E-state index contributed by atoms with van der Waals surface area (Å²) in [6.07, 6.45) is 3.64. The van der Waals surface area contributed by atoms with Crippen LogP contribution in [0.15, 0.2) is 39.8 Å². The summed E-state index contributed by atoms with van der Waals surface area (Å²) in [5.74, 6) is -0.535. The summed E-state index contributed by atoms with van der Waals surface area (Å²) in [4.78, 5) is 11.1. The molecule has 0 atom stereocenters. The molecule has 1 aromatic carbocycles. The molecule has 2 aromatic rings. The number of benzene rings is 1. The van der Waals surface area contributed by atoms with E-state index in [9.17, 15) is 17.6 Å². The van der Waals surface area contributed by atoms with Gasteiger partial charge in [-0.1, -0.05) is 0 Å². The zero-order valence-electron chi connectivity index (χ0n) is 13.4. The molecule has 8 heteroatoms. The van der Waals surface area contributed by atoms with Gasteiger partial charge in [0.05, 0.1) is 12.8 Å². The van der Waals surface area contributed by atoms with E-state index in [0.29, 0.717) is 23.4 Å². The lowest BCUT2D eigenvalue weighted by molar-refractivity contribution is -0.116. The quantitative estimate of drug-likeness (QED) is 0.885. The Balaban J connectivity index is 1.72. The molecule has 2 heterocycles. The second-order valence-corrected chi connectivity index (χ2v) is 8.21. The van der Waals surface area contributed by atoms with Crippen molar-refractivity contribution < 1.29 is 22.0 Å². The average Bonchev–Trinajstić information content (AvgIpc) is 3.27. The molecule has 4 rings (SSSR count). The lowest BCUT2D eigenvalue weighted by Crippen LogP contribution is -2.33. The zero-order chi connectivity index (χ0) is 17.6. The molecule has 1 aromatic heterocycles. The fourth-order valence-electron chi connectivity index (χ4n) is 3.03. The van der Waals surface area contributed by atoms with Gasteiger partial charge in [0.15, 0.2) is 0 Å². The van der Waals surface area contributed by atoms with E-state index in [2.05, 4.69) is 5.32 Å². The number of carbonyl (C=O) groups excluding carboxylic acids is 1. The number of furan rings is 1. The summed E-state index contributed by atoms with van der Waals surface area (Å²) in [5.41, 5.74) is 0.977. The van der Waals surface area contributed by atoms with E-state index >= 15 is 0 Å². The molecule has 1 saturated carbocycles. The van der Waals surface area contributed by atoms with E-state index in [1.165, 1.54) is 16.6 Å². The first-order valence-corrected chi connectivity index (χ1v) is 9.55. The van der Waals surface area contributed by atoms with E-state index in [4.69, 9.17) is 4.42 Å². The molecule has 0 saturated heterocycles. The molecule has 1 fully saturated rings. The molecule has 1 amide bonds. The summed E-state index contributed by atoms with van der Waals surface area (Å²) < 4.78 is 47.2. The van der Waals surface area contributed by atoms with Crippen molar-refractivity contribution in [1.82, 2.24) is 4.31 Å². The first-order valence-electron chi connectivity index (χ1n) is 8.11. The van der Waals surface area contributed by atoms with Crippen molar-refractivity contribution in [2.45, 2.75) is 43.2 Å². The molecule has 1 aliphatic carbocycles. The number of sulfonamides is 1. The van der Waals surface area contributed by atoms with Crippen LogP contribution in [0.25, 0.3) is 0 Å². The first-order chi connectivity index (χ1) is 11.9. The van der Waals surface area contributed by atoms with Crippen LogP contribution in [0.2, 0.25) is 0 Å². The van der Waals surface area contributed by atoms with Crippen LogP contribution in [0, 0.1) is 5.82 Å². The van der Waals surface area contributed by atoms with Crippen molar-refractivity contribution in [3.05, 3.63) is 47.7 Å². The minimum atomic E-state index is -4.01. The normalized spacial score (nSPS) is 17.4. The van der Waals surface area contributed by atoms with Crippen molar-refractivity contribution in [1.29, 1.82) is 0 Å². The molecule has 1 N–H and O–H groups in total. The molecule has 1 aliphatic heterocycles. The topological polar surface area (TPSA) is 79.6 Å². The van der Waals surface area contributed by atoms with Crippen molar-refractivity contribution >= 4 is 21.6 Å². The van der Waals surface area contributed by atoms with E-state index < -0.39 is 15.8 Å². The summed E-state index contributed by atoms with van der Waals surface area (Å²) in [6.45, 7) is 0.0766. The average molecular weight is 364 g/mol. The predicted molar refractivity (Wildman–Crippen MR) is 87.8 cm³/mol. The van der Waals surface area contributed by atoms with Crippen LogP contribution >= 0.6 is 0 Å². The fourth-order valence-corrected chi connectivity index (χ4v) is 4.78. The molecule has 2 aliphatic rings. The highest BCUT2D eigenvalue weighted by atomic mass is 32.2. The van der Waals surface area contributed by atoms with Crippen molar-refractivity contribution in [2.75, 3.05) is 5.32 Å². The number of aryl methyl sites for hydroxylation is 1. The molecule has 6 nitrogen and oxygen atoms in total. The standard InChI is InChI=1S/C17H17FN2O4S/c18-14-9-15-11(3-6-17(21)19-15)8-16(14)25(22,23)20(12-4-5-12)10-13-2-1-7-24-13/h1-2,7-9,12H,3-6,10H2,(H,19,21). The van der Waals surface area contributed by atoms with E-state index in [-0.39, 0.29) is 29.8 Å². The number of carbonyl (C=O) groups is 1. The Morgan fingerprint density at radius 3 is 2.76 bits per heavy atom. The van der Waals surface area contributed by atoms with Crippen LogP contribution in [0.3, 0.4) is 0 Å². The van der Waals surface area contributed by atoms with Gasteiger partial charge in [0.1, 0.15) is 16.5 Å². The van der Waals surface area contributed by atoms with Crippen LogP contribution in [0.4, 0.5) is 10.1 Å². The number of amides is 1. The van der Waals surface area contributed by atoms with Gasteiger partial charge >= 0.3 is 0 Å². The van der Waals surface area contributed by atoms with Crippen LogP contribution in [-0.4, -0.2) is 24.7 Å². The highest BCUT2D eigenvalue weighted by Gasteiger charge is 2.40. The van der Waals surface area contributed by atoms with Crippen molar-refractivity contribution in [2.24, 2.45) is 0 Å². The van der Waals surface area contributed by atoms with Gasteiger partial charge in [-0.05, 0) is 49.1 Å². The smallest absolute Gasteiger partial charge is 0.246 e. The second kappa shape index (κ2) is 5.96. The maximum atomic E-state index is 14.5. The number of rotatable bonds is 5. The summed E-state index contributed by atoms with van der Waals surface area (Å²) in [5, 5.41) is 2.58. The number of nitrogens with zero attached hydrogens (tertiary/aromatic N) is 1. The lowest BCUT2D eigenvalue weighted by atomic mass is 10.0. The fraction of sp³-hybridized carbons (Fsp3) is 0.353. The van der Waals surface area contributed by atoms with Crippen molar-refractivity contribution in [3.8, 4) is 0 Å². The van der Waals surface area contributed by atoms with Crippen LogP contribution in [0.1, 0.15) is 30.6 Å². The highest BCUT2D eigenvalue weighted by Crippen LogP contribution is 2.36. The Morgan fingerprint density at radius 1 is 1.28 bits per heavy atom. The van der Waals surface area contributed by atoms with Gasteiger partial charge in [0.25, 0.3) is 0 Å². The third kappa shape index (κ3) is 3.07. The summed E-state index contributed by atoms with van der Waals surface area (Å²) in [7, 11) is -4.01. The van der Waals surface area contributed by atoms with Gasteiger partial charge in [0, 0.05) is 18.2 Å². The van der Waals surface area contributed by atoms with Gasteiger partial charge in [-0.25, -0.2) is 12.8 Å². The van der Waals surface area contributed by atoms with Gasteiger partial charge in [-0.2, -0.15) is 4.31 Å². The van der Waals surface area contributed by atoms with Crippen LogP contribution in [-0.2, 0) is 27.8 Å². The Morgan fingerprint density at radius 2 is 2.08 bits per heavy atom. The Bertz CT molecular complexity index is 920. The Labute approximate surface area is 144 Å². The largest absolute Gasteiger partial charge is 0.468 e. The number of anilines is 1. The minimum Gasteiger partial charge on any atom is -0.468 e. The number of fused-ring (bicyclic) bond motifs is 1. The SMILES string of the molecule is O=C1CCc2cc(S(=O)(=O)N(Cc3ccco3)C3CC3)c(F)cc2N1. The number of hydrogen-bond acceptors (Lipinski definition) is 4. The summed E-state index contributed by atoms with van der Waals surface area (Å²) >= 11 is 0. The molecular formula is C17H17FN2O4S. The van der Waals surface area contributed by atoms with Crippen LogP contribution in [0.5, 0.6) is 0 Å². The number of hydrogen-bond donors (Lipinski definition) is 1. The maximum Gasteiger partial charge on any atom is 0.246 e. The lowest BCUT2D eigenvalue weighted by Gasteiger charge is -2.23. The predicted octanol–water partition coefficient (Wildman–Crippen LogP) is 2.66. The molecule has 0 bridgehead atoms. The molecule has 132 valence electrons. The first kappa shape index (κ1) is 16.3. The minimum absolute atomic E-state index is 0.0766. The number of nitrogens with one attached hydrogen (secondary N) is 1. The summed E-state index contributed by atoms with van der Waals surface area (Å²) in [6, 6.07) is 5.69. The van der Waals surface area contributed by atoms with E-state index in [1.54, 1.807) is 12.1 Å². The van der Waals surface area contributed by atoms with Gasteiger partial charge in [-0.3, -0.25) is 4.79 Å². The molecule has 0 radical (unpaired) electrons. The third-order valence-corrected chi connectivity index (χ3v) is 6.40. The molecular weight excluding hydrogens is 347 g/mol. The van der Waals surface area contributed by atoms with E-state index in [0.717, 1.165) is 18.9 Å². The highest BCUT2D eigenvalue weighted by molar-refractivity contribution is 7.89. The van der Waals surface area contributed by atoms with Gasteiger partial charge < -0.3 is 9.73 Å². The Kier molecular flexibility index (Phi) is 3.88. The van der Waals surface area contributed by atoms with Gasteiger partial charge in [-0.15, -0.1) is 0 Å². The maximum absolute atomic E-state index is 14.5. The van der Waals surface area contributed by atoms with Crippen LogP contribution < -0.4 is 5.32 Å². The second-order valence-electron chi connectivity index (χ2n) is 6.35. The monoisotopic (exact) mass is 364 g/mol. The number of halogens is 1. The Hall–Kier alpha value is -2.19. The molecule has 0 spiro atoms. The third-order valence-electron chi connectivity index (χ3n) is 4.49.